The van der Waals surface area contributed by atoms with Crippen LogP contribution in [0.5, 0.6) is 0 Å². The van der Waals surface area contributed by atoms with Gasteiger partial charge in [-0.15, -0.1) is 0 Å². The highest BCUT2D eigenvalue weighted by Crippen LogP contribution is 2.35. The number of hydrogen-bond donors (Lipinski definition) is 1. The van der Waals surface area contributed by atoms with Crippen molar-refractivity contribution in [2.75, 3.05) is 18.1 Å². The van der Waals surface area contributed by atoms with E-state index in [-0.39, 0.29) is 12.5 Å². The zero-order chi connectivity index (χ0) is 11.4. The van der Waals surface area contributed by atoms with E-state index in [0.717, 1.165) is 0 Å². The molecule has 0 amide bonds. The summed E-state index contributed by atoms with van der Waals surface area (Å²) in [5.74, 6) is 3.55. The molecular weight excluding hydrogens is 216 g/mol. The van der Waals surface area contributed by atoms with E-state index in [1.165, 1.54) is 35.5 Å². The lowest BCUT2D eigenvalue weighted by Gasteiger charge is -2.25. The van der Waals surface area contributed by atoms with Crippen LogP contribution in [0.25, 0.3) is 0 Å². The summed E-state index contributed by atoms with van der Waals surface area (Å²) >= 11 is 2.06. The van der Waals surface area contributed by atoms with Crippen molar-refractivity contribution in [3.8, 4) is 0 Å². The SMILES string of the molecule is CC(CO)c1ccccc1C1CCSCC1. The number of thioether (sulfide) groups is 1. The van der Waals surface area contributed by atoms with Crippen LogP contribution in [0.1, 0.15) is 42.7 Å². The zero-order valence-corrected chi connectivity index (χ0v) is 10.7. The molecule has 0 saturated carbocycles. The highest BCUT2D eigenvalue weighted by molar-refractivity contribution is 7.99. The lowest BCUT2D eigenvalue weighted by atomic mass is 9.85. The molecule has 1 nitrogen and oxygen atoms in total. The molecule has 0 spiro atoms. The minimum Gasteiger partial charge on any atom is -0.396 e. The van der Waals surface area contributed by atoms with Gasteiger partial charge in [-0.25, -0.2) is 0 Å². The largest absolute Gasteiger partial charge is 0.396 e. The van der Waals surface area contributed by atoms with Crippen molar-refractivity contribution in [2.45, 2.75) is 31.6 Å². The van der Waals surface area contributed by atoms with E-state index in [0.29, 0.717) is 5.92 Å². The van der Waals surface area contributed by atoms with Gasteiger partial charge in [0.25, 0.3) is 0 Å². The van der Waals surface area contributed by atoms with Gasteiger partial charge in [-0.2, -0.15) is 11.8 Å². The van der Waals surface area contributed by atoms with E-state index in [4.69, 9.17) is 0 Å². The normalized spacial score (nSPS) is 19.6. The van der Waals surface area contributed by atoms with E-state index < -0.39 is 0 Å². The molecule has 1 aliphatic rings. The van der Waals surface area contributed by atoms with Crippen molar-refractivity contribution in [1.29, 1.82) is 0 Å². The fourth-order valence-corrected chi connectivity index (χ4v) is 3.54. The van der Waals surface area contributed by atoms with Crippen molar-refractivity contribution >= 4 is 11.8 Å². The van der Waals surface area contributed by atoms with Gasteiger partial charge in [-0.3, -0.25) is 0 Å². The lowest BCUT2D eigenvalue weighted by molar-refractivity contribution is 0.272. The standard InChI is InChI=1S/C14H20OS/c1-11(10-15)13-4-2-3-5-14(13)12-6-8-16-9-7-12/h2-5,11-12,15H,6-10H2,1H3. The van der Waals surface area contributed by atoms with E-state index in [1.807, 2.05) is 0 Å². The van der Waals surface area contributed by atoms with Gasteiger partial charge in [-0.1, -0.05) is 31.2 Å². The summed E-state index contributed by atoms with van der Waals surface area (Å²) in [5.41, 5.74) is 2.83. The van der Waals surface area contributed by atoms with Gasteiger partial charge in [0.1, 0.15) is 0 Å². The van der Waals surface area contributed by atoms with E-state index in [1.54, 1.807) is 0 Å². The minimum atomic E-state index is 0.248. The minimum absolute atomic E-state index is 0.248. The van der Waals surface area contributed by atoms with Crippen molar-refractivity contribution < 1.29 is 5.11 Å². The van der Waals surface area contributed by atoms with Gasteiger partial charge in [-0.05, 0) is 41.4 Å². The highest BCUT2D eigenvalue weighted by atomic mass is 32.2. The average molecular weight is 236 g/mol. The molecule has 0 bridgehead atoms. The maximum atomic E-state index is 9.31. The maximum absolute atomic E-state index is 9.31. The molecule has 1 unspecified atom stereocenters. The Bertz CT molecular complexity index is 331. The first-order valence-corrected chi connectivity index (χ1v) is 7.26. The third kappa shape index (κ3) is 2.61. The van der Waals surface area contributed by atoms with Gasteiger partial charge in [0, 0.05) is 12.5 Å². The van der Waals surface area contributed by atoms with Crippen molar-refractivity contribution in [1.82, 2.24) is 0 Å². The Kier molecular flexibility index (Phi) is 4.30. The first-order valence-electron chi connectivity index (χ1n) is 6.10. The van der Waals surface area contributed by atoms with Crippen LogP contribution in [0.15, 0.2) is 24.3 Å². The fraction of sp³-hybridized carbons (Fsp3) is 0.571. The van der Waals surface area contributed by atoms with Crippen molar-refractivity contribution in [3.05, 3.63) is 35.4 Å². The van der Waals surface area contributed by atoms with Crippen LogP contribution < -0.4 is 0 Å². The average Bonchev–Trinajstić information content (AvgIpc) is 2.39. The monoisotopic (exact) mass is 236 g/mol. The first kappa shape index (κ1) is 12.0. The van der Waals surface area contributed by atoms with E-state index >= 15 is 0 Å². The summed E-state index contributed by atoms with van der Waals surface area (Å²) in [5, 5.41) is 9.31. The Hall–Kier alpha value is -0.470. The van der Waals surface area contributed by atoms with Crippen LogP contribution in [0.3, 0.4) is 0 Å². The van der Waals surface area contributed by atoms with Crippen LogP contribution in [-0.2, 0) is 0 Å². The Morgan fingerprint density at radius 1 is 1.31 bits per heavy atom. The second-order valence-electron chi connectivity index (χ2n) is 4.60. The quantitative estimate of drug-likeness (QED) is 0.868. The zero-order valence-electron chi connectivity index (χ0n) is 9.86. The smallest absolute Gasteiger partial charge is 0.0497 e. The van der Waals surface area contributed by atoms with E-state index in [9.17, 15) is 5.11 Å². The second kappa shape index (κ2) is 5.74. The lowest BCUT2D eigenvalue weighted by Crippen LogP contribution is -2.12. The predicted octanol–water partition coefficient (Wildman–Crippen LogP) is 3.39. The third-order valence-corrected chi connectivity index (χ3v) is 4.51. The molecule has 1 N–H and O–H groups in total. The molecule has 0 aliphatic carbocycles. The number of hydrogen-bond acceptors (Lipinski definition) is 2. The highest BCUT2D eigenvalue weighted by Gasteiger charge is 2.20. The molecule has 16 heavy (non-hydrogen) atoms. The van der Waals surface area contributed by atoms with Crippen molar-refractivity contribution in [2.24, 2.45) is 0 Å². The Balaban J connectivity index is 2.24. The number of aliphatic hydroxyl groups excluding tert-OH is 1. The molecule has 2 heteroatoms. The van der Waals surface area contributed by atoms with Crippen LogP contribution in [-0.4, -0.2) is 23.2 Å². The Morgan fingerprint density at radius 3 is 2.69 bits per heavy atom. The van der Waals surface area contributed by atoms with Crippen LogP contribution in [0.2, 0.25) is 0 Å². The third-order valence-electron chi connectivity index (χ3n) is 3.46. The van der Waals surface area contributed by atoms with Gasteiger partial charge >= 0.3 is 0 Å². The predicted molar refractivity (Wildman–Crippen MR) is 71.2 cm³/mol. The second-order valence-corrected chi connectivity index (χ2v) is 5.82. The van der Waals surface area contributed by atoms with Crippen LogP contribution >= 0.6 is 11.8 Å². The summed E-state index contributed by atoms with van der Waals surface area (Å²) < 4.78 is 0. The summed E-state index contributed by atoms with van der Waals surface area (Å²) in [6, 6.07) is 8.65. The van der Waals surface area contributed by atoms with Gasteiger partial charge in [0.2, 0.25) is 0 Å². The number of rotatable bonds is 3. The molecule has 1 aromatic carbocycles. The molecule has 1 saturated heterocycles. The summed E-state index contributed by atoms with van der Waals surface area (Å²) in [7, 11) is 0. The Labute approximate surface area is 102 Å². The molecular formula is C14H20OS. The molecule has 1 fully saturated rings. The fourth-order valence-electron chi connectivity index (χ4n) is 2.44. The van der Waals surface area contributed by atoms with Crippen molar-refractivity contribution in [3.63, 3.8) is 0 Å². The molecule has 88 valence electrons. The number of aliphatic hydroxyl groups is 1. The van der Waals surface area contributed by atoms with E-state index in [2.05, 4.69) is 43.0 Å². The maximum Gasteiger partial charge on any atom is 0.0497 e. The van der Waals surface area contributed by atoms with Crippen LogP contribution in [0, 0.1) is 0 Å². The molecule has 1 heterocycles. The summed E-state index contributed by atoms with van der Waals surface area (Å²) in [6.07, 6.45) is 2.58. The number of benzene rings is 1. The van der Waals surface area contributed by atoms with Gasteiger partial charge in [0.05, 0.1) is 0 Å². The molecule has 1 aromatic rings. The van der Waals surface area contributed by atoms with Gasteiger partial charge < -0.3 is 5.11 Å². The molecule has 1 aliphatic heterocycles. The first-order chi connectivity index (χ1) is 7.83. The molecule has 0 aromatic heterocycles. The summed E-state index contributed by atoms with van der Waals surface area (Å²) in [6.45, 7) is 2.36. The molecule has 0 radical (unpaired) electrons. The molecule has 2 rings (SSSR count). The topological polar surface area (TPSA) is 20.2 Å². The van der Waals surface area contributed by atoms with Crippen LogP contribution in [0.4, 0.5) is 0 Å². The Morgan fingerprint density at radius 2 is 2.00 bits per heavy atom. The summed E-state index contributed by atoms with van der Waals surface area (Å²) in [4.78, 5) is 0. The van der Waals surface area contributed by atoms with Gasteiger partial charge in [0.15, 0.2) is 0 Å². The molecule has 1 atom stereocenters.